The van der Waals surface area contributed by atoms with E-state index in [0.29, 0.717) is 30.1 Å². The summed E-state index contributed by atoms with van der Waals surface area (Å²) in [5, 5.41) is 18.5. The average molecular weight is 361 g/mol. The topological polar surface area (TPSA) is 111 Å². The Kier molecular flexibility index (Phi) is 7.73. The molecule has 4 N–H and O–H groups in total. The monoisotopic (exact) mass is 361 g/mol. The van der Waals surface area contributed by atoms with Crippen molar-refractivity contribution in [2.45, 2.75) is 25.2 Å². The first kappa shape index (κ1) is 19.6. The van der Waals surface area contributed by atoms with Crippen molar-refractivity contribution in [2.75, 3.05) is 13.2 Å². The van der Waals surface area contributed by atoms with Crippen LogP contribution >= 0.6 is 0 Å². The van der Waals surface area contributed by atoms with Gasteiger partial charge in [0.1, 0.15) is 30.1 Å². The Morgan fingerprint density at radius 1 is 0.923 bits per heavy atom. The van der Waals surface area contributed by atoms with Crippen molar-refractivity contribution in [1.29, 1.82) is 0 Å². The van der Waals surface area contributed by atoms with E-state index in [9.17, 15) is 9.90 Å². The molecule has 0 saturated heterocycles. The van der Waals surface area contributed by atoms with E-state index < -0.39 is 24.9 Å². The van der Waals surface area contributed by atoms with E-state index in [2.05, 4.69) is 0 Å². The molecule has 0 bridgehead atoms. The summed E-state index contributed by atoms with van der Waals surface area (Å²) >= 11 is 0. The second-order valence-electron chi connectivity index (χ2n) is 5.67. The van der Waals surface area contributed by atoms with Gasteiger partial charge < -0.3 is 24.4 Å². The molecule has 2 aromatic carbocycles. The predicted octanol–water partition coefficient (Wildman–Crippen LogP) is 2.03. The maximum Gasteiger partial charge on any atom is 0.341 e. The molecule has 2 atom stereocenters. The molecule has 0 aliphatic heterocycles. The molecule has 7 nitrogen and oxygen atoms in total. The third kappa shape index (κ3) is 7.42. The highest BCUT2D eigenvalue weighted by molar-refractivity contribution is 5.68. The van der Waals surface area contributed by atoms with Crippen LogP contribution in [-0.4, -0.2) is 41.7 Å². The van der Waals surface area contributed by atoms with Gasteiger partial charge >= 0.3 is 5.97 Å². The van der Waals surface area contributed by atoms with Gasteiger partial charge in [-0.3, -0.25) is 5.73 Å². The molecule has 0 amide bonds. The van der Waals surface area contributed by atoms with Crippen LogP contribution in [-0.2, 0) is 4.79 Å². The molecule has 0 aliphatic carbocycles. The van der Waals surface area contributed by atoms with Crippen LogP contribution in [0.25, 0.3) is 0 Å². The number of benzene rings is 2. The molecular formula is C19H23NO6. The lowest BCUT2D eigenvalue weighted by atomic mass is 10.2. The van der Waals surface area contributed by atoms with Crippen molar-refractivity contribution in [3.63, 3.8) is 0 Å². The van der Waals surface area contributed by atoms with Gasteiger partial charge in [-0.05, 0) is 42.8 Å². The Labute approximate surface area is 151 Å². The Balaban J connectivity index is 1.67. The summed E-state index contributed by atoms with van der Waals surface area (Å²) in [5.74, 6) is 0.636. The minimum Gasteiger partial charge on any atom is -0.491 e. The number of para-hydroxylation sites is 1. The minimum atomic E-state index is -1.04. The van der Waals surface area contributed by atoms with Crippen molar-refractivity contribution < 1.29 is 29.2 Å². The summed E-state index contributed by atoms with van der Waals surface area (Å²) in [6.45, 7) is -0.213. The third-order valence-electron chi connectivity index (χ3n) is 3.44. The number of carboxylic acid groups (broad SMARTS) is 1. The third-order valence-corrected chi connectivity index (χ3v) is 3.44. The van der Waals surface area contributed by atoms with Crippen molar-refractivity contribution in [3.05, 3.63) is 54.6 Å². The second kappa shape index (κ2) is 10.3. The van der Waals surface area contributed by atoms with Crippen LogP contribution in [0.15, 0.2) is 54.6 Å². The SMILES string of the molecule is NC(CCC(O)COc1ccccc1)Oc1ccc(OCC(=O)O)cc1. The lowest BCUT2D eigenvalue weighted by molar-refractivity contribution is -0.139. The molecule has 0 fully saturated rings. The van der Waals surface area contributed by atoms with Crippen LogP contribution in [0.1, 0.15) is 12.8 Å². The van der Waals surface area contributed by atoms with Crippen LogP contribution in [0.4, 0.5) is 0 Å². The summed E-state index contributed by atoms with van der Waals surface area (Å²) in [4.78, 5) is 10.4. The van der Waals surface area contributed by atoms with E-state index in [1.54, 1.807) is 24.3 Å². The molecule has 7 heteroatoms. The van der Waals surface area contributed by atoms with Gasteiger partial charge in [-0.2, -0.15) is 0 Å². The molecule has 2 aromatic rings. The molecule has 2 rings (SSSR count). The number of aliphatic hydroxyl groups is 1. The lowest BCUT2D eigenvalue weighted by Gasteiger charge is -2.17. The molecular weight excluding hydrogens is 338 g/mol. The lowest BCUT2D eigenvalue weighted by Crippen LogP contribution is -2.29. The summed E-state index contributed by atoms with van der Waals surface area (Å²) in [6.07, 6.45) is -0.325. The van der Waals surface area contributed by atoms with Gasteiger partial charge in [0, 0.05) is 6.42 Å². The average Bonchev–Trinajstić information content (AvgIpc) is 2.65. The molecule has 0 aromatic heterocycles. The van der Waals surface area contributed by atoms with Gasteiger partial charge in [0.25, 0.3) is 0 Å². The molecule has 0 heterocycles. The summed E-state index contributed by atoms with van der Waals surface area (Å²) < 4.78 is 16.1. The van der Waals surface area contributed by atoms with E-state index in [0.717, 1.165) is 0 Å². The van der Waals surface area contributed by atoms with E-state index in [1.165, 1.54) is 0 Å². The highest BCUT2D eigenvalue weighted by Crippen LogP contribution is 2.19. The number of hydrogen-bond acceptors (Lipinski definition) is 6. The van der Waals surface area contributed by atoms with E-state index in [4.69, 9.17) is 25.1 Å². The van der Waals surface area contributed by atoms with Crippen molar-refractivity contribution in [2.24, 2.45) is 5.73 Å². The first-order valence-corrected chi connectivity index (χ1v) is 8.26. The molecule has 140 valence electrons. The highest BCUT2D eigenvalue weighted by Gasteiger charge is 2.11. The number of carbonyl (C=O) groups is 1. The number of aliphatic hydroxyl groups excluding tert-OH is 1. The fraction of sp³-hybridized carbons (Fsp3) is 0.316. The number of rotatable bonds is 11. The van der Waals surface area contributed by atoms with Gasteiger partial charge in [0.15, 0.2) is 6.61 Å². The Hall–Kier alpha value is -2.77. The minimum absolute atomic E-state index is 0.187. The van der Waals surface area contributed by atoms with Crippen LogP contribution in [0, 0.1) is 0 Å². The molecule has 0 radical (unpaired) electrons. The van der Waals surface area contributed by atoms with Crippen LogP contribution in [0.5, 0.6) is 17.2 Å². The quantitative estimate of drug-likeness (QED) is 0.525. The van der Waals surface area contributed by atoms with Crippen LogP contribution < -0.4 is 19.9 Å². The predicted molar refractivity (Wildman–Crippen MR) is 95.4 cm³/mol. The van der Waals surface area contributed by atoms with Crippen molar-refractivity contribution >= 4 is 5.97 Å². The fourth-order valence-corrected chi connectivity index (χ4v) is 2.14. The number of carboxylic acids is 1. The van der Waals surface area contributed by atoms with E-state index >= 15 is 0 Å². The van der Waals surface area contributed by atoms with Gasteiger partial charge in [-0.15, -0.1) is 0 Å². The zero-order chi connectivity index (χ0) is 18.8. The van der Waals surface area contributed by atoms with E-state index in [1.807, 2.05) is 30.3 Å². The zero-order valence-corrected chi connectivity index (χ0v) is 14.3. The Morgan fingerprint density at radius 2 is 1.54 bits per heavy atom. The summed E-state index contributed by atoms with van der Waals surface area (Å²) in [7, 11) is 0. The van der Waals surface area contributed by atoms with Crippen LogP contribution in [0.3, 0.4) is 0 Å². The maximum atomic E-state index is 10.4. The Morgan fingerprint density at radius 3 is 2.19 bits per heavy atom. The second-order valence-corrected chi connectivity index (χ2v) is 5.67. The molecule has 26 heavy (non-hydrogen) atoms. The van der Waals surface area contributed by atoms with Gasteiger partial charge in [0.05, 0.1) is 6.10 Å². The summed E-state index contributed by atoms with van der Waals surface area (Å²) in [5.41, 5.74) is 5.91. The number of hydrogen-bond donors (Lipinski definition) is 3. The zero-order valence-electron chi connectivity index (χ0n) is 14.3. The standard InChI is InChI=1S/C19H23NO6/c20-18(11-6-14(21)12-24-15-4-2-1-3-5-15)26-17-9-7-16(8-10-17)25-13-19(22)23/h1-5,7-10,14,18,21H,6,11-13,20H2,(H,22,23). The maximum absolute atomic E-state index is 10.4. The van der Waals surface area contributed by atoms with Crippen molar-refractivity contribution in [1.82, 2.24) is 0 Å². The molecule has 2 unspecified atom stereocenters. The Bertz CT molecular complexity index is 661. The van der Waals surface area contributed by atoms with Gasteiger partial charge in [-0.1, -0.05) is 18.2 Å². The molecule has 0 aliphatic rings. The van der Waals surface area contributed by atoms with Gasteiger partial charge in [0.2, 0.25) is 0 Å². The molecule has 0 spiro atoms. The van der Waals surface area contributed by atoms with Crippen molar-refractivity contribution in [3.8, 4) is 17.2 Å². The molecule has 0 saturated carbocycles. The number of aliphatic carboxylic acids is 1. The first-order valence-electron chi connectivity index (χ1n) is 8.26. The van der Waals surface area contributed by atoms with Crippen LogP contribution in [0.2, 0.25) is 0 Å². The number of nitrogens with two attached hydrogens (primary N) is 1. The fourth-order valence-electron chi connectivity index (χ4n) is 2.14. The normalized spacial score (nSPS) is 12.8. The summed E-state index contributed by atoms with van der Waals surface area (Å²) in [6, 6.07) is 15.8. The largest absolute Gasteiger partial charge is 0.491 e. The smallest absolute Gasteiger partial charge is 0.341 e. The van der Waals surface area contributed by atoms with E-state index in [-0.39, 0.29) is 6.61 Å². The van der Waals surface area contributed by atoms with Gasteiger partial charge in [-0.25, -0.2) is 4.79 Å². The number of ether oxygens (including phenoxy) is 3. The highest BCUT2D eigenvalue weighted by atomic mass is 16.5. The first-order chi connectivity index (χ1) is 12.5.